The molecule has 0 spiro atoms. The molecule has 162 valence electrons. The van der Waals surface area contributed by atoms with Gasteiger partial charge in [-0.15, -0.1) is 0 Å². The number of carbonyl (C=O) groups is 1. The highest BCUT2D eigenvalue weighted by atomic mass is 32.2. The number of hydrogen-bond acceptors (Lipinski definition) is 5. The lowest BCUT2D eigenvalue weighted by Gasteiger charge is -2.07. The normalized spacial score (nSPS) is 11.2. The molecule has 1 aromatic heterocycles. The summed E-state index contributed by atoms with van der Waals surface area (Å²) < 4.78 is 38.0. The summed E-state index contributed by atoms with van der Waals surface area (Å²) in [6, 6.07) is 26.9. The van der Waals surface area contributed by atoms with Gasteiger partial charge in [0.15, 0.2) is 5.76 Å². The Bertz CT molecular complexity index is 1310. The van der Waals surface area contributed by atoms with Gasteiger partial charge >= 0.3 is 5.91 Å². The molecule has 4 aromatic rings. The number of furan rings is 1. The number of aryl methyl sites for hydroxylation is 1. The molecule has 0 aliphatic carbocycles. The molecular weight excluding hydrogens is 426 g/mol. The van der Waals surface area contributed by atoms with E-state index in [2.05, 4.69) is 0 Å². The fourth-order valence-corrected chi connectivity index (χ4v) is 4.12. The van der Waals surface area contributed by atoms with E-state index in [1.54, 1.807) is 25.1 Å². The van der Waals surface area contributed by atoms with Gasteiger partial charge < -0.3 is 9.15 Å². The van der Waals surface area contributed by atoms with E-state index in [1.165, 1.54) is 18.2 Å². The van der Waals surface area contributed by atoms with Crippen molar-refractivity contribution in [1.82, 2.24) is 4.72 Å². The van der Waals surface area contributed by atoms with Gasteiger partial charge in [-0.1, -0.05) is 60.7 Å². The highest BCUT2D eigenvalue weighted by Crippen LogP contribution is 2.23. The maximum absolute atomic E-state index is 12.4. The summed E-state index contributed by atoms with van der Waals surface area (Å²) in [5.41, 5.74) is 2.85. The molecule has 0 atom stereocenters. The van der Waals surface area contributed by atoms with Crippen molar-refractivity contribution < 1.29 is 22.4 Å². The summed E-state index contributed by atoms with van der Waals surface area (Å²) in [5.74, 6) is 0.214. The summed E-state index contributed by atoms with van der Waals surface area (Å²) in [4.78, 5) is 12.4. The Hall–Kier alpha value is -3.84. The van der Waals surface area contributed by atoms with Crippen LogP contribution in [0.5, 0.6) is 5.75 Å². The number of sulfonamides is 1. The second-order valence-corrected chi connectivity index (χ2v) is 8.80. The lowest BCUT2D eigenvalue weighted by Crippen LogP contribution is -2.30. The number of amides is 1. The minimum atomic E-state index is -3.98. The summed E-state index contributed by atoms with van der Waals surface area (Å²) in [5, 5.41) is 0. The Kier molecular flexibility index (Phi) is 6.09. The van der Waals surface area contributed by atoms with Gasteiger partial charge in [0.25, 0.3) is 10.0 Å². The van der Waals surface area contributed by atoms with Crippen molar-refractivity contribution in [3.63, 3.8) is 0 Å². The number of carbonyl (C=O) groups excluding carboxylic acids is 1. The number of hydrogen-bond donors (Lipinski definition) is 1. The predicted octanol–water partition coefficient (Wildman–Crippen LogP) is 4.95. The third-order valence-corrected chi connectivity index (χ3v) is 6.23. The van der Waals surface area contributed by atoms with Crippen molar-refractivity contribution in [2.24, 2.45) is 0 Å². The van der Waals surface area contributed by atoms with E-state index in [0.29, 0.717) is 17.1 Å². The zero-order valence-electron chi connectivity index (χ0n) is 17.3. The standard InChI is InChI=1S/C25H21NO5S/c1-18-21(17-30-22-14-12-20(13-15-22)19-8-4-2-5-9-19)16-24(31-18)25(27)26-32(28,29)23-10-6-3-7-11-23/h2-16H,17H2,1H3,(H,26,27). The van der Waals surface area contributed by atoms with Crippen LogP contribution in [-0.2, 0) is 16.6 Å². The van der Waals surface area contributed by atoms with Crippen molar-refractivity contribution in [2.75, 3.05) is 0 Å². The average Bonchev–Trinajstić information content (AvgIpc) is 3.20. The van der Waals surface area contributed by atoms with E-state index < -0.39 is 15.9 Å². The topological polar surface area (TPSA) is 85.6 Å². The van der Waals surface area contributed by atoms with Crippen LogP contribution in [0.1, 0.15) is 21.9 Å². The fourth-order valence-electron chi connectivity index (χ4n) is 3.14. The Morgan fingerprint density at radius 1 is 0.875 bits per heavy atom. The van der Waals surface area contributed by atoms with Crippen LogP contribution < -0.4 is 9.46 Å². The molecule has 4 rings (SSSR count). The maximum atomic E-state index is 12.4. The second-order valence-electron chi connectivity index (χ2n) is 7.12. The lowest BCUT2D eigenvalue weighted by molar-refractivity contribution is 0.0953. The van der Waals surface area contributed by atoms with Crippen molar-refractivity contribution >= 4 is 15.9 Å². The monoisotopic (exact) mass is 447 g/mol. The number of rotatable bonds is 7. The summed E-state index contributed by atoms with van der Waals surface area (Å²) >= 11 is 0. The maximum Gasteiger partial charge on any atom is 0.300 e. The molecule has 0 saturated heterocycles. The third kappa shape index (κ3) is 4.90. The molecule has 1 heterocycles. The minimum Gasteiger partial charge on any atom is -0.489 e. The van der Waals surface area contributed by atoms with Crippen LogP contribution in [-0.4, -0.2) is 14.3 Å². The average molecular weight is 448 g/mol. The van der Waals surface area contributed by atoms with Gasteiger partial charge in [0, 0.05) is 5.56 Å². The van der Waals surface area contributed by atoms with E-state index in [0.717, 1.165) is 11.1 Å². The SMILES string of the molecule is Cc1oc(C(=O)NS(=O)(=O)c2ccccc2)cc1COc1ccc(-c2ccccc2)cc1. The Balaban J connectivity index is 1.41. The lowest BCUT2D eigenvalue weighted by atomic mass is 10.1. The molecule has 1 N–H and O–H groups in total. The van der Waals surface area contributed by atoms with Crippen molar-refractivity contribution in [1.29, 1.82) is 0 Å². The van der Waals surface area contributed by atoms with E-state index in [1.807, 2.05) is 59.3 Å². The molecule has 3 aromatic carbocycles. The molecular formula is C25H21NO5S. The van der Waals surface area contributed by atoms with Crippen molar-refractivity contribution in [2.45, 2.75) is 18.4 Å². The largest absolute Gasteiger partial charge is 0.489 e. The molecule has 6 nitrogen and oxygen atoms in total. The van der Waals surface area contributed by atoms with Gasteiger partial charge in [-0.25, -0.2) is 13.1 Å². The number of benzene rings is 3. The first-order chi connectivity index (χ1) is 15.4. The van der Waals surface area contributed by atoms with Crippen LogP contribution in [0.2, 0.25) is 0 Å². The first-order valence-electron chi connectivity index (χ1n) is 9.92. The van der Waals surface area contributed by atoms with E-state index in [9.17, 15) is 13.2 Å². The number of nitrogens with one attached hydrogen (secondary N) is 1. The van der Waals surface area contributed by atoms with Crippen LogP contribution in [0.25, 0.3) is 11.1 Å². The highest BCUT2D eigenvalue weighted by molar-refractivity contribution is 7.90. The molecule has 1 amide bonds. The van der Waals surface area contributed by atoms with Crippen LogP contribution in [0.3, 0.4) is 0 Å². The molecule has 0 fully saturated rings. The van der Waals surface area contributed by atoms with E-state index >= 15 is 0 Å². The molecule has 32 heavy (non-hydrogen) atoms. The Morgan fingerprint density at radius 2 is 1.47 bits per heavy atom. The van der Waals surface area contributed by atoms with Crippen LogP contribution in [0.15, 0.2) is 100 Å². The van der Waals surface area contributed by atoms with Crippen LogP contribution in [0.4, 0.5) is 0 Å². The Morgan fingerprint density at radius 3 is 2.12 bits per heavy atom. The molecule has 0 aliphatic heterocycles. The molecule has 0 unspecified atom stereocenters. The molecule has 0 aliphatic rings. The zero-order chi connectivity index (χ0) is 22.6. The van der Waals surface area contributed by atoms with Crippen LogP contribution >= 0.6 is 0 Å². The molecule has 7 heteroatoms. The van der Waals surface area contributed by atoms with E-state index in [-0.39, 0.29) is 17.3 Å². The molecule has 0 saturated carbocycles. The smallest absolute Gasteiger partial charge is 0.300 e. The zero-order valence-corrected chi connectivity index (χ0v) is 18.1. The summed E-state index contributed by atoms with van der Waals surface area (Å²) in [7, 11) is -3.98. The van der Waals surface area contributed by atoms with Gasteiger partial charge in [0.05, 0.1) is 4.90 Å². The van der Waals surface area contributed by atoms with Gasteiger partial charge in [-0.05, 0) is 48.4 Å². The summed E-state index contributed by atoms with van der Waals surface area (Å²) in [6.07, 6.45) is 0. The highest BCUT2D eigenvalue weighted by Gasteiger charge is 2.22. The molecule has 0 bridgehead atoms. The van der Waals surface area contributed by atoms with Crippen molar-refractivity contribution in [3.8, 4) is 16.9 Å². The van der Waals surface area contributed by atoms with Gasteiger partial charge in [0.2, 0.25) is 0 Å². The first-order valence-corrected chi connectivity index (χ1v) is 11.4. The van der Waals surface area contributed by atoms with Crippen LogP contribution in [0, 0.1) is 6.92 Å². The minimum absolute atomic E-state index is 0.000801. The van der Waals surface area contributed by atoms with Gasteiger partial charge in [-0.2, -0.15) is 0 Å². The number of ether oxygens (including phenoxy) is 1. The fraction of sp³-hybridized carbons (Fsp3) is 0.0800. The van der Waals surface area contributed by atoms with Gasteiger partial charge in [-0.3, -0.25) is 4.79 Å². The Labute approximate surface area is 186 Å². The second kappa shape index (κ2) is 9.11. The predicted molar refractivity (Wildman–Crippen MR) is 121 cm³/mol. The quantitative estimate of drug-likeness (QED) is 0.433. The molecule has 0 radical (unpaired) electrons. The van der Waals surface area contributed by atoms with Gasteiger partial charge in [0.1, 0.15) is 18.1 Å². The first kappa shape index (κ1) is 21.4. The van der Waals surface area contributed by atoms with Crippen molar-refractivity contribution in [3.05, 3.63) is 108 Å². The third-order valence-electron chi connectivity index (χ3n) is 4.88. The summed E-state index contributed by atoms with van der Waals surface area (Å²) in [6.45, 7) is 1.87. The van der Waals surface area contributed by atoms with E-state index in [4.69, 9.17) is 9.15 Å².